The number of benzene rings is 2. The van der Waals surface area contributed by atoms with Gasteiger partial charge in [0.25, 0.3) is 0 Å². The molecule has 4 rings (SSSR count). The summed E-state index contributed by atoms with van der Waals surface area (Å²) in [5, 5.41) is 20.3. The molecule has 2 unspecified atom stereocenters. The Kier molecular flexibility index (Phi) is 5.81. The van der Waals surface area contributed by atoms with Crippen molar-refractivity contribution >= 4 is 11.3 Å². The summed E-state index contributed by atoms with van der Waals surface area (Å²) in [7, 11) is 1.65. The molecular weight excluding hydrogens is 382 g/mol. The van der Waals surface area contributed by atoms with E-state index in [1.54, 1.807) is 18.4 Å². The monoisotopic (exact) mass is 405 g/mol. The van der Waals surface area contributed by atoms with E-state index in [9.17, 15) is 10.2 Å². The summed E-state index contributed by atoms with van der Waals surface area (Å²) in [6, 6.07) is 25.7. The number of aromatic amines is 1. The zero-order valence-corrected chi connectivity index (χ0v) is 16.9. The van der Waals surface area contributed by atoms with E-state index in [4.69, 9.17) is 4.74 Å². The molecule has 148 valence electrons. The second-order valence-electron chi connectivity index (χ2n) is 6.86. The van der Waals surface area contributed by atoms with Crippen LogP contribution < -0.4 is 4.74 Å². The second kappa shape index (κ2) is 8.66. The smallest absolute Gasteiger partial charge is 0.118 e. The lowest BCUT2D eigenvalue weighted by atomic mass is 9.94. The Morgan fingerprint density at radius 3 is 2.24 bits per heavy atom. The van der Waals surface area contributed by atoms with Crippen molar-refractivity contribution in [3.05, 3.63) is 111 Å². The Hall–Kier alpha value is -2.86. The van der Waals surface area contributed by atoms with Crippen molar-refractivity contribution in [1.82, 2.24) is 4.98 Å². The van der Waals surface area contributed by atoms with E-state index in [1.165, 1.54) is 0 Å². The summed E-state index contributed by atoms with van der Waals surface area (Å²) in [6.07, 6.45) is -0.650. The van der Waals surface area contributed by atoms with Crippen molar-refractivity contribution in [1.29, 1.82) is 0 Å². The molecule has 5 heteroatoms. The fourth-order valence-corrected chi connectivity index (χ4v) is 4.66. The topological polar surface area (TPSA) is 65.5 Å². The van der Waals surface area contributed by atoms with Gasteiger partial charge in [0.2, 0.25) is 0 Å². The van der Waals surface area contributed by atoms with E-state index in [1.807, 2.05) is 60.7 Å². The van der Waals surface area contributed by atoms with Crippen LogP contribution in [0.4, 0.5) is 0 Å². The van der Waals surface area contributed by atoms with E-state index in [0.717, 1.165) is 38.0 Å². The van der Waals surface area contributed by atoms with Gasteiger partial charge in [-0.25, -0.2) is 0 Å². The Morgan fingerprint density at radius 1 is 0.862 bits per heavy atom. The number of thiophene rings is 1. The number of ether oxygens (including phenoxy) is 1. The van der Waals surface area contributed by atoms with Crippen molar-refractivity contribution in [2.45, 2.75) is 18.6 Å². The van der Waals surface area contributed by atoms with E-state index in [0.29, 0.717) is 0 Å². The normalized spacial score (nSPS) is 13.2. The molecule has 0 bridgehead atoms. The van der Waals surface area contributed by atoms with Crippen molar-refractivity contribution in [2.24, 2.45) is 0 Å². The van der Waals surface area contributed by atoms with Gasteiger partial charge < -0.3 is 19.9 Å². The minimum Gasteiger partial charge on any atom is -0.497 e. The van der Waals surface area contributed by atoms with Crippen LogP contribution in [0.15, 0.2) is 78.9 Å². The summed E-state index contributed by atoms with van der Waals surface area (Å²) < 4.78 is 5.30. The van der Waals surface area contributed by atoms with Crippen LogP contribution in [0.5, 0.6) is 5.75 Å². The van der Waals surface area contributed by atoms with Gasteiger partial charge in [-0.15, -0.1) is 11.3 Å². The number of nitrogens with one attached hydrogen (secondary N) is 1. The van der Waals surface area contributed by atoms with Gasteiger partial charge >= 0.3 is 0 Å². The molecule has 2 aromatic carbocycles. The first kappa shape index (κ1) is 19.5. The van der Waals surface area contributed by atoms with Gasteiger partial charge in [0.15, 0.2) is 0 Å². The minimum absolute atomic E-state index is 0.0251. The quantitative estimate of drug-likeness (QED) is 0.412. The van der Waals surface area contributed by atoms with Crippen molar-refractivity contribution < 1.29 is 14.9 Å². The SMILES string of the molecule is COc1ccc(C(c2ccc(CO)[nH]2)c2ccc(C(O)c3ccccc3)s2)cc1. The molecular formula is C24H23NO3S. The predicted octanol–water partition coefficient (Wildman–Crippen LogP) is 4.84. The lowest BCUT2D eigenvalue weighted by molar-refractivity contribution is 0.224. The van der Waals surface area contributed by atoms with Crippen LogP contribution in [0.3, 0.4) is 0 Å². The number of aromatic nitrogens is 1. The highest BCUT2D eigenvalue weighted by atomic mass is 32.1. The zero-order chi connectivity index (χ0) is 20.2. The summed E-state index contributed by atoms with van der Waals surface area (Å²) in [4.78, 5) is 5.34. The van der Waals surface area contributed by atoms with Crippen molar-refractivity contribution in [2.75, 3.05) is 7.11 Å². The van der Waals surface area contributed by atoms with Gasteiger partial charge in [-0.05, 0) is 47.5 Å². The maximum atomic E-state index is 10.8. The van der Waals surface area contributed by atoms with Gasteiger partial charge in [0.1, 0.15) is 11.9 Å². The first-order valence-electron chi connectivity index (χ1n) is 9.45. The van der Waals surface area contributed by atoms with Crippen LogP contribution in [0, 0.1) is 0 Å². The predicted molar refractivity (Wildman–Crippen MR) is 115 cm³/mol. The standard InChI is InChI=1S/C24H23NO3S/c1-28-19-10-7-16(8-11-19)23(20-12-9-18(15-26)25-20)21-13-14-22(29-21)24(27)17-5-3-2-4-6-17/h2-14,23-27H,15H2,1H3. The molecule has 0 saturated carbocycles. The molecule has 2 heterocycles. The molecule has 0 fully saturated rings. The number of methoxy groups -OCH3 is 1. The molecule has 0 aliphatic heterocycles. The molecule has 0 amide bonds. The summed E-state index contributed by atoms with van der Waals surface area (Å²) in [6.45, 7) is -0.0300. The van der Waals surface area contributed by atoms with E-state index < -0.39 is 6.10 Å². The Balaban J connectivity index is 1.72. The molecule has 0 aliphatic rings. The van der Waals surface area contributed by atoms with Crippen LogP contribution in [0.1, 0.15) is 44.3 Å². The summed E-state index contributed by atoms with van der Waals surface area (Å²) in [5.74, 6) is 0.782. The third kappa shape index (κ3) is 4.12. The zero-order valence-electron chi connectivity index (χ0n) is 16.1. The Morgan fingerprint density at radius 2 is 1.59 bits per heavy atom. The summed E-state index contributed by atoms with van der Waals surface area (Å²) in [5.41, 5.74) is 3.77. The van der Waals surface area contributed by atoms with Crippen LogP contribution >= 0.6 is 11.3 Å². The minimum atomic E-state index is -0.650. The van der Waals surface area contributed by atoms with Gasteiger partial charge in [-0.1, -0.05) is 42.5 Å². The highest BCUT2D eigenvalue weighted by Gasteiger charge is 2.22. The third-order valence-corrected chi connectivity index (χ3v) is 6.22. The molecule has 3 N–H and O–H groups in total. The van der Waals surface area contributed by atoms with Crippen LogP contribution in [-0.4, -0.2) is 22.3 Å². The van der Waals surface area contributed by atoms with E-state index in [2.05, 4.69) is 23.2 Å². The molecule has 0 radical (unpaired) electrons. The average Bonchev–Trinajstić information content (AvgIpc) is 3.45. The largest absolute Gasteiger partial charge is 0.497 e. The van der Waals surface area contributed by atoms with Crippen molar-refractivity contribution in [3.63, 3.8) is 0 Å². The van der Waals surface area contributed by atoms with Gasteiger partial charge in [-0.3, -0.25) is 0 Å². The first-order valence-corrected chi connectivity index (χ1v) is 10.3. The lowest BCUT2D eigenvalue weighted by Crippen LogP contribution is -2.02. The molecule has 2 atom stereocenters. The maximum absolute atomic E-state index is 10.8. The fourth-order valence-electron chi connectivity index (χ4n) is 3.48. The van der Waals surface area contributed by atoms with Gasteiger partial charge in [0.05, 0.1) is 19.6 Å². The second-order valence-corrected chi connectivity index (χ2v) is 8.00. The number of aliphatic hydroxyl groups is 2. The van der Waals surface area contributed by atoms with E-state index in [-0.39, 0.29) is 12.5 Å². The molecule has 0 saturated heterocycles. The molecule has 2 aromatic heterocycles. The number of hydrogen-bond donors (Lipinski definition) is 3. The summed E-state index contributed by atoms with van der Waals surface area (Å²) >= 11 is 1.60. The molecule has 0 aliphatic carbocycles. The number of rotatable bonds is 7. The van der Waals surface area contributed by atoms with Gasteiger partial charge in [0, 0.05) is 21.1 Å². The van der Waals surface area contributed by atoms with E-state index >= 15 is 0 Å². The van der Waals surface area contributed by atoms with Gasteiger partial charge in [-0.2, -0.15) is 0 Å². The third-order valence-electron chi connectivity index (χ3n) is 5.02. The highest BCUT2D eigenvalue weighted by Crippen LogP contribution is 2.39. The Labute approximate surface area is 174 Å². The molecule has 29 heavy (non-hydrogen) atoms. The Bertz CT molecular complexity index is 1050. The molecule has 0 spiro atoms. The van der Waals surface area contributed by atoms with Crippen molar-refractivity contribution in [3.8, 4) is 5.75 Å². The highest BCUT2D eigenvalue weighted by molar-refractivity contribution is 7.12. The van der Waals surface area contributed by atoms with Crippen LogP contribution in [0.2, 0.25) is 0 Å². The number of H-pyrrole nitrogens is 1. The number of aliphatic hydroxyl groups excluding tert-OH is 2. The molecule has 4 aromatic rings. The molecule has 4 nitrogen and oxygen atoms in total. The average molecular weight is 406 g/mol. The number of hydrogen-bond acceptors (Lipinski definition) is 4. The van der Waals surface area contributed by atoms with Crippen LogP contribution in [0.25, 0.3) is 0 Å². The first-order chi connectivity index (χ1) is 14.2. The maximum Gasteiger partial charge on any atom is 0.118 e. The lowest BCUT2D eigenvalue weighted by Gasteiger charge is -2.16. The van der Waals surface area contributed by atoms with Crippen LogP contribution in [-0.2, 0) is 6.61 Å². The fraction of sp³-hybridized carbons (Fsp3) is 0.167.